The highest BCUT2D eigenvalue weighted by Gasteiger charge is 2.52. The second kappa shape index (κ2) is 6.90. The molecule has 0 heterocycles. The molecule has 0 aromatic rings. The molecule has 2 rings (SSSR count). The number of likely N-dealkylation sites (N-methyl/N-ethyl adjacent to an activating group) is 1. The standard InChI is InChI=1S/C16H29NO3/c1-4-17-16(13-8-9-13,15(18)19-3)11-20-14-7-5-6-12(2)10-14/h12-14,17H,4-11H2,1-3H3. The Labute approximate surface area is 122 Å². The van der Waals surface area contributed by atoms with Gasteiger partial charge in [0.05, 0.1) is 19.8 Å². The predicted molar refractivity (Wildman–Crippen MR) is 78.5 cm³/mol. The minimum atomic E-state index is -0.621. The van der Waals surface area contributed by atoms with E-state index in [-0.39, 0.29) is 5.97 Å². The molecule has 4 heteroatoms. The molecule has 2 aliphatic rings. The second-order valence-electron chi connectivity index (χ2n) is 6.47. The van der Waals surface area contributed by atoms with Crippen molar-refractivity contribution in [3.8, 4) is 0 Å². The molecule has 0 saturated heterocycles. The van der Waals surface area contributed by atoms with Gasteiger partial charge in [-0.2, -0.15) is 0 Å². The van der Waals surface area contributed by atoms with Crippen molar-refractivity contribution in [2.45, 2.75) is 64.0 Å². The highest BCUT2D eigenvalue weighted by Crippen LogP contribution is 2.41. The molecule has 2 fully saturated rings. The number of carbonyl (C=O) groups is 1. The first-order valence-electron chi connectivity index (χ1n) is 8.07. The zero-order valence-corrected chi connectivity index (χ0v) is 13.1. The molecule has 0 bridgehead atoms. The van der Waals surface area contributed by atoms with Gasteiger partial charge in [0, 0.05) is 0 Å². The fourth-order valence-corrected chi connectivity index (χ4v) is 3.46. The van der Waals surface area contributed by atoms with Gasteiger partial charge in [-0.25, -0.2) is 4.79 Å². The Hall–Kier alpha value is -0.610. The van der Waals surface area contributed by atoms with E-state index in [0.717, 1.165) is 38.1 Å². The predicted octanol–water partition coefficient (Wildman–Crippen LogP) is 2.51. The van der Waals surface area contributed by atoms with Crippen molar-refractivity contribution in [3.05, 3.63) is 0 Å². The van der Waals surface area contributed by atoms with Crippen LogP contribution in [-0.4, -0.2) is 37.9 Å². The largest absolute Gasteiger partial charge is 0.468 e. The quantitative estimate of drug-likeness (QED) is 0.729. The molecule has 3 atom stereocenters. The van der Waals surface area contributed by atoms with Crippen LogP contribution in [0.4, 0.5) is 0 Å². The third-order valence-electron chi connectivity index (χ3n) is 4.75. The number of ether oxygens (including phenoxy) is 2. The summed E-state index contributed by atoms with van der Waals surface area (Å²) in [5, 5.41) is 3.36. The van der Waals surface area contributed by atoms with E-state index in [1.54, 1.807) is 0 Å². The van der Waals surface area contributed by atoms with E-state index in [4.69, 9.17) is 9.47 Å². The van der Waals surface area contributed by atoms with E-state index < -0.39 is 5.54 Å². The van der Waals surface area contributed by atoms with Crippen LogP contribution in [0.3, 0.4) is 0 Å². The van der Waals surface area contributed by atoms with Crippen LogP contribution in [0.1, 0.15) is 52.4 Å². The molecule has 0 radical (unpaired) electrons. The van der Waals surface area contributed by atoms with Gasteiger partial charge >= 0.3 is 5.97 Å². The average molecular weight is 283 g/mol. The molecule has 116 valence electrons. The maximum atomic E-state index is 12.3. The minimum Gasteiger partial charge on any atom is -0.468 e. The summed E-state index contributed by atoms with van der Waals surface area (Å²) >= 11 is 0. The van der Waals surface area contributed by atoms with E-state index in [2.05, 4.69) is 12.2 Å². The summed E-state index contributed by atoms with van der Waals surface area (Å²) in [6.45, 7) is 5.53. The Bertz CT molecular complexity index is 330. The number of nitrogens with one attached hydrogen (secondary N) is 1. The van der Waals surface area contributed by atoms with E-state index in [1.165, 1.54) is 20.0 Å². The second-order valence-corrected chi connectivity index (χ2v) is 6.47. The van der Waals surface area contributed by atoms with E-state index >= 15 is 0 Å². The van der Waals surface area contributed by atoms with Crippen LogP contribution >= 0.6 is 0 Å². The van der Waals surface area contributed by atoms with Gasteiger partial charge < -0.3 is 9.47 Å². The summed E-state index contributed by atoms with van der Waals surface area (Å²) in [5.74, 6) is 0.947. The molecule has 0 amide bonds. The molecule has 0 aliphatic heterocycles. The van der Waals surface area contributed by atoms with Gasteiger partial charge in [-0.1, -0.05) is 26.7 Å². The highest BCUT2D eigenvalue weighted by molar-refractivity contribution is 5.82. The van der Waals surface area contributed by atoms with Crippen LogP contribution < -0.4 is 5.32 Å². The van der Waals surface area contributed by atoms with Crippen LogP contribution in [0.5, 0.6) is 0 Å². The monoisotopic (exact) mass is 283 g/mol. The van der Waals surface area contributed by atoms with Gasteiger partial charge in [0.25, 0.3) is 0 Å². The maximum Gasteiger partial charge on any atom is 0.328 e. The topological polar surface area (TPSA) is 47.6 Å². The number of hydrogen-bond donors (Lipinski definition) is 1. The van der Waals surface area contributed by atoms with Gasteiger partial charge in [0.1, 0.15) is 5.54 Å². The van der Waals surface area contributed by atoms with Crippen LogP contribution in [0.25, 0.3) is 0 Å². The number of carbonyl (C=O) groups excluding carboxylic acids is 1. The normalized spacial score (nSPS) is 29.8. The van der Waals surface area contributed by atoms with Crippen molar-refractivity contribution in [1.29, 1.82) is 0 Å². The first-order valence-corrected chi connectivity index (χ1v) is 8.07. The Morgan fingerprint density at radius 1 is 1.30 bits per heavy atom. The summed E-state index contributed by atoms with van der Waals surface area (Å²) in [7, 11) is 1.47. The Morgan fingerprint density at radius 2 is 2.05 bits per heavy atom. The number of esters is 1. The molecule has 1 N–H and O–H groups in total. The fraction of sp³-hybridized carbons (Fsp3) is 0.938. The van der Waals surface area contributed by atoms with Crippen molar-refractivity contribution in [3.63, 3.8) is 0 Å². The third-order valence-corrected chi connectivity index (χ3v) is 4.75. The van der Waals surface area contributed by atoms with E-state index in [1.807, 2.05) is 6.92 Å². The van der Waals surface area contributed by atoms with Gasteiger partial charge in [-0.05, 0) is 44.1 Å². The lowest BCUT2D eigenvalue weighted by atomic mass is 9.88. The summed E-state index contributed by atoms with van der Waals surface area (Å²) in [4.78, 5) is 12.3. The van der Waals surface area contributed by atoms with Gasteiger partial charge in [0.2, 0.25) is 0 Å². The van der Waals surface area contributed by atoms with Crippen LogP contribution in [0.2, 0.25) is 0 Å². The molecule has 0 aromatic heterocycles. The van der Waals surface area contributed by atoms with E-state index in [0.29, 0.717) is 18.6 Å². The number of methoxy groups -OCH3 is 1. The highest BCUT2D eigenvalue weighted by atomic mass is 16.5. The van der Waals surface area contributed by atoms with Gasteiger partial charge in [0.15, 0.2) is 0 Å². The molecular formula is C16H29NO3. The molecule has 2 aliphatic carbocycles. The van der Waals surface area contributed by atoms with Crippen molar-refractivity contribution >= 4 is 5.97 Å². The van der Waals surface area contributed by atoms with Gasteiger partial charge in [-0.3, -0.25) is 5.32 Å². The summed E-state index contributed by atoms with van der Waals surface area (Å²) in [5.41, 5.74) is -0.621. The summed E-state index contributed by atoms with van der Waals surface area (Å²) in [6.07, 6.45) is 7.27. The van der Waals surface area contributed by atoms with Gasteiger partial charge in [-0.15, -0.1) is 0 Å². The van der Waals surface area contributed by atoms with Crippen molar-refractivity contribution in [2.75, 3.05) is 20.3 Å². The van der Waals surface area contributed by atoms with Crippen LogP contribution in [0, 0.1) is 11.8 Å². The van der Waals surface area contributed by atoms with E-state index in [9.17, 15) is 4.79 Å². The molecule has 4 nitrogen and oxygen atoms in total. The molecular weight excluding hydrogens is 254 g/mol. The Balaban J connectivity index is 1.97. The lowest BCUT2D eigenvalue weighted by molar-refractivity contribution is -0.154. The smallest absolute Gasteiger partial charge is 0.328 e. The first kappa shape index (κ1) is 15.8. The van der Waals surface area contributed by atoms with Crippen molar-refractivity contribution in [1.82, 2.24) is 5.32 Å². The summed E-state index contributed by atoms with van der Waals surface area (Å²) < 4.78 is 11.2. The Morgan fingerprint density at radius 3 is 2.60 bits per heavy atom. The molecule has 20 heavy (non-hydrogen) atoms. The number of rotatable bonds is 7. The molecule has 0 spiro atoms. The fourth-order valence-electron chi connectivity index (χ4n) is 3.46. The number of hydrogen-bond acceptors (Lipinski definition) is 4. The lowest BCUT2D eigenvalue weighted by Gasteiger charge is -2.35. The first-order chi connectivity index (χ1) is 9.62. The molecule has 2 saturated carbocycles. The Kier molecular flexibility index (Phi) is 5.44. The molecule has 3 unspecified atom stereocenters. The lowest BCUT2D eigenvalue weighted by Crippen LogP contribution is -2.58. The SMILES string of the molecule is CCNC(COC1CCCC(C)C1)(C(=O)OC)C1CC1. The average Bonchev–Trinajstić information content (AvgIpc) is 3.27. The minimum absolute atomic E-state index is 0.161. The van der Waals surface area contributed by atoms with Crippen LogP contribution in [0.15, 0.2) is 0 Å². The maximum absolute atomic E-state index is 12.3. The van der Waals surface area contributed by atoms with Crippen molar-refractivity contribution in [2.24, 2.45) is 11.8 Å². The molecule has 0 aromatic carbocycles. The summed E-state index contributed by atoms with van der Waals surface area (Å²) in [6, 6.07) is 0. The van der Waals surface area contributed by atoms with Crippen molar-refractivity contribution < 1.29 is 14.3 Å². The van der Waals surface area contributed by atoms with Crippen LogP contribution in [-0.2, 0) is 14.3 Å². The zero-order valence-electron chi connectivity index (χ0n) is 13.1. The third kappa shape index (κ3) is 3.53. The zero-order chi connectivity index (χ0) is 14.6.